The first-order valence-electron chi connectivity index (χ1n) is 5.84. The fourth-order valence-electron chi connectivity index (χ4n) is 1.76. The standard InChI is InChI=1S/C10H12N2O3.C2H6/c13-10-5-6-11(7-10)8-1-3-9(4-2-8)12(14)15;1-2/h1-4,10,13H,5-7H2;1-2H3/t10-;/m1./s1. The van der Waals surface area contributed by atoms with Crippen LogP contribution in [0.25, 0.3) is 0 Å². The Morgan fingerprint density at radius 3 is 2.35 bits per heavy atom. The topological polar surface area (TPSA) is 66.6 Å². The molecule has 1 saturated heterocycles. The highest BCUT2D eigenvalue weighted by Crippen LogP contribution is 2.22. The van der Waals surface area contributed by atoms with Gasteiger partial charge >= 0.3 is 0 Å². The van der Waals surface area contributed by atoms with Crippen molar-refractivity contribution in [3.63, 3.8) is 0 Å². The number of hydrogen-bond acceptors (Lipinski definition) is 4. The molecule has 94 valence electrons. The van der Waals surface area contributed by atoms with Crippen molar-refractivity contribution in [2.75, 3.05) is 18.0 Å². The van der Waals surface area contributed by atoms with E-state index in [1.807, 2.05) is 18.7 Å². The van der Waals surface area contributed by atoms with Crippen molar-refractivity contribution in [1.82, 2.24) is 0 Å². The van der Waals surface area contributed by atoms with E-state index in [9.17, 15) is 15.2 Å². The second-order valence-corrected chi connectivity index (χ2v) is 3.66. The number of non-ortho nitro benzene ring substituents is 1. The molecule has 1 N–H and O–H groups in total. The molecule has 0 saturated carbocycles. The lowest BCUT2D eigenvalue weighted by Gasteiger charge is -2.17. The monoisotopic (exact) mass is 238 g/mol. The predicted molar refractivity (Wildman–Crippen MR) is 67.3 cm³/mol. The number of aliphatic hydroxyl groups excluding tert-OH is 1. The summed E-state index contributed by atoms with van der Waals surface area (Å²) in [5, 5.41) is 19.8. The number of nitro benzene ring substituents is 1. The maximum Gasteiger partial charge on any atom is 0.269 e. The van der Waals surface area contributed by atoms with Crippen molar-refractivity contribution >= 4 is 11.4 Å². The Balaban J connectivity index is 0.000000686. The number of rotatable bonds is 2. The van der Waals surface area contributed by atoms with E-state index in [0.717, 1.165) is 18.7 Å². The Bertz CT molecular complexity index is 365. The third-order valence-corrected chi connectivity index (χ3v) is 2.59. The highest BCUT2D eigenvalue weighted by Gasteiger charge is 2.20. The molecule has 1 aromatic rings. The van der Waals surface area contributed by atoms with Crippen LogP contribution in [0.2, 0.25) is 0 Å². The number of hydrogen-bond donors (Lipinski definition) is 1. The highest BCUT2D eigenvalue weighted by atomic mass is 16.6. The molecule has 2 rings (SSSR count). The lowest BCUT2D eigenvalue weighted by Crippen LogP contribution is -2.20. The number of β-amino-alcohol motifs (C(OH)–C–C–N with tert-alkyl or cyclic N) is 1. The molecule has 1 aromatic carbocycles. The zero-order valence-corrected chi connectivity index (χ0v) is 10.2. The molecule has 1 fully saturated rings. The SMILES string of the molecule is CC.O=[N+]([O-])c1ccc(N2CC[C@@H](O)C2)cc1. The summed E-state index contributed by atoms with van der Waals surface area (Å²) in [4.78, 5) is 12.0. The molecule has 1 atom stereocenters. The third-order valence-electron chi connectivity index (χ3n) is 2.59. The molecule has 0 bridgehead atoms. The van der Waals surface area contributed by atoms with Crippen LogP contribution in [0.5, 0.6) is 0 Å². The molecular weight excluding hydrogens is 220 g/mol. The van der Waals surface area contributed by atoms with E-state index in [0.29, 0.717) is 6.54 Å². The van der Waals surface area contributed by atoms with Crippen LogP contribution >= 0.6 is 0 Å². The lowest BCUT2D eigenvalue weighted by molar-refractivity contribution is -0.384. The van der Waals surface area contributed by atoms with Crippen LogP contribution in [0.1, 0.15) is 20.3 Å². The summed E-state index contributed by atoms with van der Waals surface area (Å²) in [6, 6.07) is 6.41. The van der Waals surface area contributed by atoms with Crippen LogP contribution in [-0.4, -0.2) is 29.2 Å². The lowest BCUT2D eigenvalue weighted by atomic mass is 10.2. The Morgan fingerprint density at radius 1 is 1.35 bits per heavy atom. The third kappa shape index (κ3) is 3.42. The molecule has 0 aliphatic carbocycles. The Morgan fingerprint density at radius 2 is 1.94 bits per heavy atom. The van der Waals surface area contributed by atoms with Crippen LogP contribution in [0.3, 0.4) is 0 Å². The molecule has 17 heavy (non-hydrogen) atoms. The van der Waals surface area contributed by atoms with Gasteiger partial charge in [0.15, 0.2) is 0 Å². The summed E-state index contributed by atoms with van der Waals surface area (Å²) < 4.78 is 0. The molecule has 1 aliphatic rings. The molecule has 1 aliphatic heterocycles. The van der Waals surface area contributed by atoms with Gasteiger partial charge in [-0.25, -0.2) is 0 Å². The van der Waals surface area contributed by atoms with Crippen molar-refractivity contribution in [1.29, 1.82) is 0 Å². The Kier molecular flexibility index (Phi) is 4.90. The largest absolute Gasteiger partial charge is 0.391 e. The van der Waals surface area contributed by atoms with E-state index < -0.39 is 4.92 Å². The van der Waals surface area contributed by atoms with Gasteiger partial charge in [0.1, 0.15) is 0 Å². The average Bonchev–Trinajstić information content (AvgIpc) is 2.79. The van der Waals surface area contributed by atoms with E-state index in [1.165, 1.54) is 12.1 Å². The molecule has 1 heterocycles. The summed E-state index contributed by atoms with van der Waals surface area (Å²) in [6.07, 6.45) is 0.483. The van der Waals surface area contributed by atoms with E-state index in [1.54, 1.807) is 12.1 Å². The minimum Gasteiger partial charge on any atom is -0.391 e. The Hall–Kier alpha value is -1.62. The quantitative estimate of drug-likeness (QED) is 0.633. The predicted octanol–water partition coefficient (Wildman–Crippen LogP) is 2.19. The number of anilines is 1. The van der Waals surface area contributed by atoms with Gasteiger partial charge in [0.25, 0.3) is 5.69 Å². The second kappa shape index (κ2) is 6.20. The highest BCUT2D eigenvalue weighted by molar-refractivity contribution is 5.51. The van der Waals surface area contributed by atoms with Crippen LogP contribution in [0.15, 0.2) is 24.3 Å². The molecule has 5 nitrogen and oxygen atoms in total. The first-order valence-corrected chi connectivity index (χ1v) is 5.84. The number of nitro groups is 1. The molecule has 5 heteroatoms. The second-order valence-electron chi connectivity index (χ2n) is 3.66. The minimum atomic E-state index is -0.414. The maximum absolute atomic E-state index is 10.4. The van der Waals surface area contributed by atoms with Gasteiger partial charge in [-0.15, -0.1) is 0 Å². The first-order chi connectivity index (χ1) is 8.16. The average molecular weight is 238 g/mol. The molecule has 0 unspecified atom stereocenters. The molecule has 0 spiro atoms. The maximum atomic E-state index is 10.4. The zero-order valence-electron chi connectivity index (χ0n) is 10.2. The summed E-state index contributed by atoms with van der Waals surface area (Å²) in [7, 11) is 0. The molecular formula is C12H18N2O3. The Labute approximate surface area is 101 Å². The van der Waals surface area contributed by atoms with Crippen molar-refractivity contribution in [2.45, 2.75) is 26.4 Å². The van der Waals surface area contributed by atoms with Gasteiger partial charge < -0.3 is 10.0 Å². The fourth-order valence-corrected chi connectivity index (χ4v) is 1.76. The minimum absolute atomic E-state index is 0.0958. The summed E-state index contributed by atoms with van der Waals surface area (Å²) in [5.41, 5.74) is 1.02. The summed E-state index contributed by atoms with van der Waals surface area (Å²) in [6.45, 7) is 5.41. The van der Waals surface area contributed by atoms with Gasteiger partial charge in [-0.2, -0.15) is 0 Å². The van der Waals surface area contributed by atoms with Crippen LogP contribution < -0.4 is 4.90 Å². The smallest absolute Gasteiger partial charge is 0.269 e. The molecule has 0 aromatic heterocycles. The van der Waals surface area contributed by atoms with E-state index in [2.05, 4.69) is 0 Å². The van der Waals surface area contributed by atoms with Crippen LogP contribution in [0.4, 0.5) is 11.4 Å². The number of nitrogens with zero attached hydrogens (tertiary/aromatic N) is 2. The van der Waals surface area contributed by atoms with Crippen LogP contribution in [0, 0.1) is 10.1 Å². The summed E-state index contributed by atoms with van der Waals surface area (Å²) >= 11 is 0. The number of aliphatic hydroxyl groups is 1. The normalized spacial score (nSPS) is 18.5. The van der Waals surface area contributed by atoms with Gasteiger partial charge in [-0.05, 0) is 18.6 Å². The number of benzene rings is 1. The van der Waals surface area contributed by atoms with Crippen molar-refractivity contribution in [2.24, 2.45) is 0 Å². The van der Waals surface area contributed by atoms with Crippen molar-refractivity contribution in [3.05, 3.63) is 34.4 Å². The van der Waals surface area contributed by atoms with E-state index >= 15 is 0 Å². The molecule has 0 amide bonds. The fraction of sp³-hybridized carbons (Fsp3) is 0.500. The van der Waals surface area contributed by atoms with Crippen molar-refractivity contribution in [3.8, 4) is 0 Å². The van der Waals surface area contributed by atoms with Gasteiger partial charge in [0.2, 0.25) is 0 Å². The van der Waals surface area contributed by atoms with E-state index in [-0.39, 0.29) is 11.8 Å². The van der Waals surface area contributed by atoms with Gasteiger partial charge in [-0.3, -0.25) is 10.1 Å². The zero-order chi connectivity index (χ0) is 12.8. The van der Waals surface area contributed by atoms with Crippen LogP contribution in [-0.2, 0) is 0 Å². The summed E-state index contributed by atoms with van der Waals surface area (Å²) in [5.74, 6) is 0. The van der Waals surface area contributed by atoms with Gasteiger partial charge in [0.05, 0.1) is 11.0 Å². The van der Waals surface area contributed by atoms with Crippen molar-refractivity contribution < 1.29 is 10.0 Å². The van der Waals surface area contributed by atoms with E-state index in [4.69, 9.17) is 0 Å². The van der Waals surface area contributed by atoms with Gasteiger partial charge in [0, 0.05) is 30.9 Å². The first kappa shape index (κ1) is 13.4. The molecule has 0 radical (unpaired) electrons. The van der Waals surface area contributed by atoms with Gasteiger partial charge in [-0.1, -0.05) is 13.8 Å².